The molecule has 0 radical (unpaired) electrons. The van der Waals surface area contributed by atoms with Crippen molar-refractivity contribution in [3.63, 3.8) is 0 Å². The number of ether oxygens (including phenoxy) is 1. The quantitative estimate of drug-likeness (QED) is 0.145. The Morgan fingerprint density at radius 2 is 2.00 bits per heavy atom. The molecule has 1 saturated heterocycles. The molecule has 2 aromatic heterocycles. The largest absolute Gasteiger partial charge is 0.478 e. The van der Waals surface area contributed by atoms with Crippen LogP contribution in [0.2, 0.25) is 0 Å². The highest BCUT2D eigenvalue weighted by molar-refractivity contribution is 7.97. The lowest BCUT2D eigenvalue weighted by molar-refractivity contribution is 0.242. The minimum absolute atomic E-state index is 0.0284. The molecule has 2 aliphatic heterocycles. The maximum Gasteiger partial charge on any atom is 0.207 e. The zero-order chi connectivity index (χ0) is 29.1. The molecule has 0 aromatic carbocycles. The predicted molar refractivity (Wildman–Crippen MR) is 174 cm³/mol. The molecule has 0 spiro atoms. The number of rotatable bonds is 8. The van der Waals surface area contributed by atoms with Crippen LogP contribution < -0.4 is 20.3 Å². The maximum absolute atomic E-state index is 8.25. The second kappa shape index (κ2) is 12.6. The van der Waals surface area contributed by atoms with Crippen LogP contribution in [0.1, 0.15) is 70.8 Å². The molecule has 0 amide bonds. The van der Waals surface area contributed by atoms with Crippen LogP contribution in [0.5, 0.6) is 0 Å². The molecule has 4 heterocycles. The standard InChI is InChI=1S/C33H45N7OS/c1-22-26-13-14-30(36-18-15-28(34)41-19-16-27(24-9-10-24)25-11-12-25)38-32(26)40-21-23(20-33(40,2)3)6-5-17-35-29-7-4-8-31(37-29)42-39-22/h4,7-8,13-15,18,23-25,27,34,39H,1,5-6,9-12,16-17,19-21H2,2-3H3,(H,35,37)(H,36,38)/b18-15-,34-28?. The lowest BCUT2D eigenvalue weighted by Crippen LogP contribution is -2.39. The van der Waals surface area contributed by atoms with Crippen LogP contribution >= 0.6 is 11.9 Å². The highest BCUT2D eigenvalue weighted by atomic mass is 32.2. The van der Waals surface area contributed by atoms with Gasteiger partial charge in [-0.1, -0.05) is 12.6 Å². The van der Waals surface area contributed by atoms with E-state index in [9.17, 15) is 0 Å². The van der Waals surface area contributed by atoms with Gasteiger partial charge in [0.2, 0.25) is 5.90 Å². The van der Waals surface area contributed by atoms with E-state index in [0.29, 0.717) is 12.5 Å². The Hall–Kier alpha value is -3.20. The Balaban J connectivity index is 1.14. The zero-order valence-electron chi connectivity index (χ0n) is 25.0. The first-order valence-electron chi connectivity index (χ1n) is 15.6. The first-order valence-corrected chi connectivity index (χ1v) is 16.4. The fraction of sp³-hybridized carbons (Fsp3) is 0.545. The summed E-state index contributed by atoms with van der Waals surface area (Å²) in [4.78, 5) is 12.3. The van der Waals surface area contributed by atoms with Gasteiger partial charge < -0.3 is 25.0 Å². The van der Waals surface area contributed by atoms with E-state index in [0.717, 1.165) is 90.3 Å². The van der Waals surface area contributed by atoms with Gasteiger partial charge in [0, 0.05) is 54.1 Å². The smallest absolute Gasteiger partial charge is 0.207 e. The van der Waals surface area contributed by atoms with Gasteiger partial charge in [0.15, 0.2) is 0 Å². The lowest BCUT2D eigenvalue weighted by Gasteiger charge is -2.34. The molecule has 4 aliphatic rings. The average molecular weight is 588 g/mol. The molecule has 224 valence electrons. The van der Waals surface area contributed by atoms with E-state index in [1.54, 1.807) is 12.3 Å². The number of hydrogen-bond acceptors (Lipinski definition) is 9. The van der Waals surface area contributed by atoms with Gasteiger partial charge in [-0.05, 0) is 113 Å². The summed E-state index contributed by atoms with van der Waals surface area (Å²) in [5.41, 5.74) is 1.75. The van der Waals surface area contributed by atoms with Crippen molar-refractivity contribution >= 4 is 41.0 Å². The van der Waals surface area contributed by atoms with Crippen LogP contribution in [-0.2, 0) is 4.74 Å². The molecule has 8 nitrogen and oxygen atoms in total. The van der Waals surface area contributed by atoms with Crippen LogP contribution in [0, 0.1) is 29.1 Å². The van der Waals surface area contributed by atoms with Crippen LogP contribution in [0.15, 0.2) is 54.2 Å². The highest BCUT2D eigenvalue weighted by Crippen LogP contribution is 2.50. The van der Waals surface area contributed by atoms with Crippen LogP contribution in [0.25, 0.3) is 5.70 Å². The van der Waals surface area contributed by atoms with Gasteiger partial charge in [0.05, 0.1) is 6.61 Å². The Morgan fingerprint density at radius 1 is 1.19 bits per heavy atom. The van der Waals surface area contributed by atoms with Crippen molar-refractivity contribution in [2.24, 2.45) is 23.7 Å². The summed E-state index contributed by atoms with van der Waals surface area (Å²) in [7, 11) is 0. The van der Waals surface area contributed by atoms with Crippen molar-refractivity contribution in [3.05, 3.63) is 54.8 Å². The monoisotopic (exact) mass is 587 g/mol. The number of aromatic nitrogens is 2. The van der Waals surface area contributed by atoms with Crippen molar-refractivity contribution < 1.29 is 4.74 Å². The van der Waals surface area contributed by atoms with Gasteiger partial charge in [-0.3, -0.25) is 5.41 Å². The number of nitrogens with one attached hydrogen (secondary N) is 4. The van der Waals surface area contributed by atoms with Crippen molar-refractivity contribution in [3.8, 4) is 0 Å². The van der Waals surface area contributed by atoms with Crippen molar-refractivity contribution in [2.75, 3.05) is 35.2 Å². The Kier molecular flexibility index (Phi) is 8.65. The van der Waals surface area contributed by atoms with Crippen LogP contribution in [0.4, 0.5) is 17.5 Å². The molecule has 2 aromatic rings. The predicted octanol–water partition coefficient (Wildman–Crippen LogP) is 7.30. The van der Waals surface area contributed by atoms with E-state index in [-0.39, 0.29) is 11.4 Å². The highest BCUT2D eigenvalue weighted by Gasteiger charge is 2.41. The molecule has 4 N–H and O–H groups in total. The summed E-state index contributed by atoms with van der Waals surface area (Å²) in [6.45, 7) is 11.5. The lowest BCUT2D eigenvalue weighted by atomic mass is 9.93. The molecule has 9 heteroatoms. The summed E-state index contributed by atoms with van der Waals surface area (Å²) in [6.07, 6.45) is 13.4. The van der Waals surface area contributed by atoms with Crippen molar-refractivity contribution in [2.45, 2.75) is 75.8 Å². The second-order valence-corrected chi connectivity index (χ2v) is 13.8. The van der Waals surface area contributed by atoms with E-state index in [2.05, 4.69) is 46.7 Å². The van der Waals surface area contributed by atoms with Gasteiger partial charge in [-0.2, -0.15) is 0 Å². The van der Waals surface area contributed by atoms with Crippen LogP contribution in [0.3, 0.4) is 0 Å². The van der Waals surface area contributed by atoms with Gasteiger partial charge in [0.25, 0.3) is 0 Å². The van der Waals surface area contributed by atoms with E-state index < -0.39 is 0 Å². The molecule has 42 heavy (non-hydrogen) atoms. The summed E-state index contributed by atoms with van der Waals surface area (Å²) in [6, 6.07) is 10.1. The zero-order valence-corrected chi connectivity index (χ0v) is 25.8. The summed E-state index contributed by atoms with van der Waals surface area (Å²) in [5.74, 6) is 5.97. The molecule has 4 bridgehead atoms. The minimum Gasteiger partial charge on any atom is -0.478 e. The molecule has 1 unspecified atom stereocenters. The topological polar surface area (TPSA) is 98.2 Å². The molecule has 6 rings (SSSR count). The molecular weight excluding hydrogens is 542 g/mol. The van der Waals surface area contributed by atoms with Gasteiger partial charge in [-0.25, -0.2) is 9.97 Å². The van der Waals surface area contributed by atoms with E-state index in [4.69, 9.17) is 20.1 Å². The third-order valence-electron chi connectivity index (χ3n) is 9.14. The number of anilines is 3. The first-order chi connectivity index (χ1) is 20.4. The maximum atomic E-state index is 8.25. The van der Waals surface area contributed by atoms with Crippen molar-refractivity contribution in [1.29, 1.82) is 5.41 Å². The fourth-order valence-corrected chi connectivity index (χ4v) is 7.36. The first kappa shape index (κ1) is 28.9. The number of pyridine rings is 2. The molecule has 2 saturated carbocycles. The summed E-state index contributed by atoms with van der Waals surface area (Å²) < 4.78 is 9.17. The SMILES string of the molecule is C=C1NSc2cccc(n2)NCCCC2CN(c3nc(N/C=C\C(=N)OCCC(C4CC4)C4CC4)ccc31)C(C)(C)C2. The molecular formula is C33H45N7OS. The fourth-order valence-electron chi connectivity index (χ4n) is 6.73. The third kappa shape index (κ3) is 7.22. The molecule has 3 fully saturated rings. The van der Waals surface area contributed by atoms with Gasteiger partial charge in [-0.15, -0.1) is 0 Å². The van der Waals surface area contributed by atoms with E-state index in [1.807, 2.05) is 24.3 Å². The van der Waals surface area contributed by atoms with E-state index in [1.165, 1.54) is 37.6 Å². The third-order valence-corrected chi connectivity index (χ3v) is 9.93. The van der Waals surface area contributed by atoms with Crippen LogP contribution in [-0.4, -0.2) is 41.1 Å². The molecule has 2 aliphatic carbocycles. The minimum atomic E-state index is -0.0284. The number of hydrogen-bond donors (Lipinski definition) is 4. The average Bonchev–Trinajstić information content (AvgIpc) is 3.90. The second-order valence-electron chi connectivity index (χ2n) is 13.0. The molecule has 1 atom stereocenters. The van der Waals surface area contributed by atoms with E-state index >= 15 is 0 Å². The Bertz CT molecular complexity index is 1310. The number of nitrogens with zero attached hydrogens (tertiary/aromatic N) is 3. The summed E-state index contributed by atoms with van der Waals surface area (Å²) >= 11 is 1.46. The summed E-state index contributed by atoms with van der Waals surface area (Å²) in [5, 5.41) is 15.9. The Labute approximate surface area is 254 Å². The van der Waals surface area contributed by atoms with Gasteiger partial charge >= 0.3 is 0 Å². The van der Waals surface area contributed by atoms with Gasteiger partial charge in [0.1, 0.15) is 22.5 Å². The van der Waals surface area contributed by atoms with Crippen molar-refractivity contribution in [1.82, 2.24) is 14.7 Å². The normalized spacial score (nSPS) is 22.1. The Morgan fingerprint density at radius 3 is 2.79 bits per heavy atom. The number of fused-ring (bicyclic) bond motifs is 6.